The third-order valence-electron chi connectivity index (χ3n) is 5.83. The van der Waals surface area contributed by atoms with Gasteiger partial charge in [0.2, 0.25) is 0 Å². The average Bonchev–Trinajstić information content (AvgIpc) is 3.36. The lowest BCUT2D eigenvalue weighted by molar-refractivity contribution is 0.0551. The highest BCUT2D eigenvalue weighted by Crippen LogP contribution is 2.22. The van der Waals surface area contributed by atoms with E-state index >= 15 is 0 Å². The molecular formula is C25H26N4OS. The molecular weight excluding hydrogens is 404 g/mol. The minimum atomic E-state index is -0.0158. The molecule has 2 aromatic heterocycles. The quantitative estimate of drug-likeness (QED) is 0.559. The number of nitriles is 1. The predicted molar refractivity (Wildman–Crippen MR) is 123 cm³/mol. The van der Waals surface area contributed by atoms with Crippen LogP contribution in [0.5, 0.6) is 0 Å². The van der Waals surface area contributed by atoms with E-state index in [1.165, 1.54) is 4.88 Å². The molecule has 4 rings (SSSR count). The molecule has 0 bridgehead atoms. The minimum absolute atomic E-state index is 0.0158. The lowest BCUT2D eigenvalue weighted by Gasteiger charge is -2.38. The number of benzene rings is 1. The van der Waals surface area contributed by atoms with Crippen LogP contribution >= 0.6 is 11.3 Å². The van der Waals surface area contributed by atoms with E-state index in [4.69, 9.17) is 0 Å². The van der Waals surface area contributed by atoms with Gasteiger partial charge in [0.1, 0.15) is 0 Å². The average molecular weight is 431 g/mol. The van der Waals surface area contributed by atoms with Gasteiger partial charge in [-0.15, -0.1) is 11.3 Å². The van der Waals surface area contributed by atoms with Crippen molar-refractivity contribution in [3.8, 4) is 6.07 Å². The van der Waals surface area contributed by atoms with Gasteiger partial charge in [0, 0.05) is 55.1 Å². The first-order valence-electron chi connectivity index (χ1n) is 10.7. The van der Waals surface area contributed by atoms with Gasteiger partial charge in [0.25, 0.3) is 5.91 Å². The maximum atomic E-state index is 13.5. The number of piperidine rings is 1. The molecule has 0 N–H and O–H groups in total. The molecule has 1 amide bonds. The van der Waals surface area contributed by atoms with Gasteiger partial charge >= 0.3 is 0 Å². The molecule has 0 aliphatic carbocycles. The Labute approximate surface area is 187 Å². The van der Waals surface area contributed by atoms with Crippen molar-refractivity contribution in [1.29, 1.82) is 5.26 Å². The number of amides is 1. The fraction of sp³-hybridized carbons (Fsp3) is 0.320. The van der Waals surface area contributed by atoms with E-state index in [0.717, 1.165) is 44.5 Å². The highest BCUT2D eigenvalue weighted by atomic mass is 32.1. The van der Waals surface area contributed by atoms with Crippen LogP contribution < -0.4 is 0 Å². The molecule has 0 atom stereocenters. The summed E-state index contributed by atoms with van der Waals surface area (Å²) in [5, 5.41) is 11.4. The number of hydrogen-bond donors (Lipinski definition) is 0. The summed E-state index contributed by atoms with van der Waals surface area (Å²) in [6, 6.07) is 17.5. The highest BCUT2D eigenvalue weighted by molar-refractivity contribution is 7.09. The smallest absolute Gasteiger partial charge is 0.254 e. The van der Waals surface area contributed by atoms with Crippen LogP contribution in [0.15, 0.2) is 66.3 Å². The van der Waals surface area contributed by atoms with Crippen molar-refractivity contribution >= 4 is 17.2 Å². The SMILES string of the molecule is N#Cc1cccc(C(=O)N(Cc2cccnc2)C2CCN(CCc3cccs3)CC2)c1. The maximum Gasteiger partial charge on any atom is 0.254 e. The molecule has 5 nitrogen and oxygen atoms in total. The number of hydrogen-bond acceptors (Lipinski definition) is 5. The summed E-state index contributed by atoms with van der Waals surface area (Å²) in [6.45, 7) is 3.58. The van der Waals surface area contributed by atoms with Crippen LogP contribution in [0.2, 0.25) is 0 Å². The summed E-state index contributed by atoms with van der Waals surface area (Å²) in [5.41, 5.74) is 2.10. The van der Waals surface area contributed by atoms with Gasteiger partial charge in [-0.3, -0.25) is 9.78 Å². The van der Waals surface area contributed by atoms with Crippen molar-refractivity contribution in [2.24, 2.45) is 0 Å². The van der Waals surface area contributed by atoms with Crippen molar-refractivity contribution in [3.05, 3.63) is 87.9 Å². The van der Waals surface area contributed by atoms with Crippen LogP contribution in [0.4, 0.5) is 0 Å². The lowest BCUT2D eigenvalue weighted by Crippen LogP contribution is -2.47. The Morgan fingerprint density at radius 1 is 1.19 bits per heavy atom. The molecule has 158 valence electrons. The van der Waals surface area contributed by atoms with Crippen molar-refractivity contribution in [2.75, 3.05) is 19.6 Å². The van der Waals surface area contributed by atoms with Gasteiger partial charge in [-0.25, -0.2) is 0 Å². The highest BCUT2D eigenvalue weighted by Gasteiger charge is 2.29. The molecule has 1 aromatic carbocycles. The number of rotatable bonds is 7. The molecule has 3 aromatic rings. The third kappa shape index (κ3) is 5.57. The van der Waals surface area contributed by atoms with E-state index in [0.29, 0.717) is 17.7 Å². The summed E-state index contributed by atoms with van der Waals surface area (Å²) < 4.78 is 0. The first-order chi connectivity index (χ1) is 15.2. The lowest BCUT2D eigenvalue weighted by atomic mass is 10.00. The zero-order chi connectivity index (χ0) is 21.5. The number of aromatic nitrogens is 1. The Hall–Kier alpha value is -3.01. The van der Waals surface area contributed by atoms with Crippen molar-refractivity contribution in [1.82, 2.24) is 14.8 Å². The van der Waals surface area contributed by atoms with Crippen LogP contribution in [-0.2, 0) is 13.0 Å². The van der Waals surface area contributed by atoms with Gasteiger partial charge in [0.15, 0.2) is 0 Å². The molecule has 6 heteroatoms. The van der Waals surface area contributed by atoms with E-state index < -0.39 is 0 Å². The largest absolute Gasteiger partial charge is 0.331 e. The van der Waals surface area contributed by atoms with Crippen LogP contribution in [0.3, 0.4) is 0 Å². The van der Waals surface area contributed by atoms with Crippen LogP contribution in [0.1, 0.15) is 39.2 Å². The van der Waals surface area contributed by atoms with E-state index in [1.807, 2.05) is 34.6 Å². The zero-order valence-corrected chi connectivity index (χ0v) is 18.3. The molecule has 0 saturated carbocycles. The molecule has 0 unspecified atom stereocenters. The summed E-state index contributed by atoms with van der Waals surface area (Å²) in [6.07, 6.45) is 6.56. The molecule has 1 aliphatic heterocycles. The second kappa shape index (κ2) is 10.3. The fourth-order valence-electron chi connectivity index (χ4n) is 4.12. The summed E-state index contributed by atoms with van der Waals surface area (Å²) in [7, 11) is 0. The molecule has 31 heavy (non-hydrogen) atoms. The maximum absolute atomic E-state index is 13.5. The normalized spacial score (nSPS) is 14.8. The van der Waals surface area contributed by atoms with Crippen LogP contribution in [0, 0.1) is 11.3 Å². The second-order valence-electron chi connectivity index (χ2n) is 7.89. The first kappa shape index (κ1) is 21.2. The zero-order valence-electron chi connectivity index (χ0n) is 17.5. The number of likely N-dealkylation sites (tertiary alicyclic amines) is 1. The van der Waals surface area contributed by atoms with Crippen LogP contribution in [-0.4, -0.2) is 46.4 Å². The van der Waals surface area contributed by atoms with E-state index in [9.17, 15) is 10.1 Å². The van der Waals surface area contributed by atoms with Crippen molar-refractivity contribution in [3.63, 3.8) is 0 Å². The van der Waals surface area contributed by atoms with Crippen LogP contribution in [0.25, 0.3) is 0 Å². The number of carbonyl (C=O) groups excluding carboxylic acids is 1. The number of pyridine rings is 1. The fourth-order valence-corrected chi connectivity index (χ4v) is 4.82. The minimum Gasteiger partial charge on any atom is -0.331 e. The Morgan fingerprint density at radius 3 is 2.77 bits per heavy atom. The van der Waals surface area contributed by atoms with Gasteiger partial charge in [-0.2, -0.15) is 5.26 Å². The predicted octanol–water partition coefficient (Wildman–Crippen LogP) is 4.36. The second-order valence-corrected chi connectivity index (χ2v) is 8.92. The van der Waals surface area contributed by atoms with Gasteiger partial charge < -0.3 is 9.80 Å². The Balaban J connectivity index is 1.45. The number of nitrogens with zero attached hydrogens (tertiary/aromatic N) is 4. The Kier molecular flexibility index (Phi) is 7.08. The Bertz CT molecular complexity index is 1020. The standard InChI is InChI=1S/C25H26N4OS/c26-17-20-4-1-6-22(16-20)25(30)29(19-21-5-2-11-27-18-21)23-8-12-28(13-9-23)14-10-24-7-3-15-31-24/h1-7,11,15-16,18,23H,8-10,12-14,19H2. The first-order valence-corrected chi connectivity index (χ1v) is 11.6. The van der Waals surface area contributed by atoms with Crippen molar-refractivity contribution < 1.29 is 4.79 Å². The molecule has 0 radical (unpaired) electrons. The number of thiophene rings is 1. The van der Waals surface area contributed by atoms with E-state index in [2.05, 4.69) is 33.5 Å². The Morgan fingerprint density at radius 2 is 2.06 bits per heavy atom. The van der Waals surface area contributed by atoms with Gasteiger partial charge in [-0.1, -0.05) is 18.2 Å². The van der Waals surface area contributed by atoms with Gasteiger partial charge in [-0.05, 0) is 60.5 Å². The summed E-state index contributed by atoms with van der Waals surface area (Å²) in [4.78, 5) is 23.6. The van der Waals surface area contributed by atoms with E-state index in [1.54, 1.807) is 30.5 Å². The van der Waals surface area contributed by atoms with E-state index in [-0.39, 0.29) is 11.9 Å². The molecule has 3 heterocycles. The summed E-state index contributed by atoms with van der Waals surface area (Å²) >= 11 is 1.81. The molecule has 1 aliphatic rings. The third-order valence-corrected chi connectivity index (χ3v) is 6.76. The summed E-state index contributed by atoms with van der Waals surface area (Å²) in [5.74, 6) is -0.0158. The molecule has 0 spiro atoms. The monoisotopic (exact) mass is 430 g/mol. The number of carbonyl (C=O) groups is 1. The van der Waals surface area contributed by atoms with Gasteiger partial charge in [0.05, 0.1) is 11.6 Å². The van der Waals surface area contributed by atoms with Crippen molar-refractivity contribution in [2.45, 2.75) is 31.8 Å². The molecule has 1 saturated heterocycles. The topological polar surface area (TPSA) is 60.2 Å². The molecule has 1 fully saturated rings.